The zero-order valence-electron chi connectivity index (χ0n) is 13.9. The molecule has 0 bridgehead atoms. The normalized spacial score (nSPS) is 20.8. The average Bonchev–Trinajstić information content (AvgIpc) is 2.61. The zero-order valence-corrected chi connectivity index (χ0v) is 14.7. The van der Waals surface area contributed by atoms with Gasteiger partial charge in [0.25, 0.3) is 10.0 Å². The van der Waals surface area contributed by atoms with Gasteiger partial charge in [-0.15, -0.1) is 6.58 Å². The number of nitrogens with one attached hydrogen (secondary N) is 1. The Morgan fingerprint density at radius 3 is 2.36 bits per heavy atom. The van der Waals surface area contributed by atoms with Gasteiger partial charge in [-0.25, -0.2) is 17.5 Å². The van der Waals surface area contributed by atoms with Gasteiger partial charge in [-0.05, 0) is 31.0 Å². The Bertz CT molecular complexity index is 877. The Hall–Kier alpha value is -2.60. The van der Waals surface area contributed by atoms with E-state index in [9.17, 15) is 13.2 Å². The molecule has 0 unspecified atom stereocenters. The summed E-state index contributed by atoms with van der Waals surface area (Å²) in [5, 5.41) is 2.79. The molecule has 2 aromatic rings. The van der Waals surface area contributed by atoms with Crippen molar-refractivity contribution in [1.29, 1.82) is 0 Å². The van der Waals surface area contributed by atoms with Crippen LogP contribution in [-0.2, 0) is 10.0 Å². The molecule has 0 spiro atoms. The van der Waals surface area contributed by atoms with Crippen LogP contribution in [0.2, 0.25) is 0 Å². The van der Waals surface area contributed by atoms with E-state index in [4.69, 9.17) is 0 Å². The molecule has 25 heavy (non-hydrogen) atoms. The second-order valence-electron chi connectivity index (χ2n) is 6.07. The van der Waals surface area contributed by atoms with Crippen LogP contribution in [0.15, 0.2) is 72.1 Å². The minimum Gasteiger partial charge on any atom is -0.330 e. The van der Waals surface area contributed by atoms with Crippen LogP contribution < -0.4 is 5.32 Å². The molecule has 2 aromatic carbocycles. The summed E-state index contributed by atoms with van der Waals surface area (Å²) in [5.74, 6) is 0. The van der Waals surface area contributed by atoms with Crippen molar-refractivity contribution in [2.45, 2.75) is 30.3 Å². The van der Waals surface area contributed by atoms with Crippen LogP contribution in [0, 0.1) is 6.92 Å². The molecule has 2 amide bonds. The third-order valence-electron chi connectivity index (χ3n) is 4.33. The van der Waals surface area contributed by atoms with Crippen molar-refractivity contribution in [3.8, 4) is 0 Å². The number of aryl methyl sites for hydroxylation is 1. The van der Waals surface area contributed by atoms with Crippen LogP contribution >= 0.6 is 0 Å². The molecule has 1 aliphatic heterocycles. The van der Waals surface area contributed by atoms with E-state index in [2.05, 4.69) is 11.9 Å². The van der Waals surface area contributed by atoms with Gasteiger partial charge in [0.2, 0.25) is 0 Å². The van der Waals surface area contributed by atoms with Crippen molar-refractivity contribution >= 4 is 16.1 Å². The molecule has 1 heterocycles. The number of benzene rings is 2. The number of hydrogen-bond donors (Lipinski definition) is 1. The molecule has 6 heteroatoms. The molecule has 1 N–H and O–H groups in total. The van der Waals surface area contributed by atoms with Crippen molar-refractivity contribution in [2.75, 3.05) is 0 Å². The van der Waals surface area contributed by atoms with Gasteiger partial charge in [-0.3, -0.25) is 0 Å². The first-order chi connectivity index (χ1) is 11.9. The van der Waals surface area contributed by atoms with Crippen LogP contribution in [0.1, 0.15) is 23.6 Å². The molecule has 1 aliphatic rings. The first kappa shape index (κ1) is 17.2. The molecular weight excluding hydrogens is 336 g/mol. The molecule has 0 aromatic heterocycles. The van der Waals surface area contributed by atoms with Gasteiger partial charge in [-0.2, -0.15) is 0 Å². The van der Waals surface area contributed by atoms with Crippen molar-refractivity contribution in [3.63, 3.8) is 0 Å². The summed E-state index contributed by atoms with van der Waals surface area (Å²) in [5.41, 5.74) is 1.89. The SMILES string of the molecule is C=C[C@@H]1C[C@@H](c2ccccc2)NC(=O)N1S(=O)(=O)c1ccc(C)cc1. The van der Waals surface area contributed by atoms with Gasteiger partial charge in [0.15, 0.2) is 0 Å². The summed E-state index contributed by atoms with van der Waals surface area (Å²) in [4.78, 5) is 12.7. The second-order valence-corrected chi connectivity index (χ2v) is 7.88. The molecule has 3 rings (SSSR count). The largest absolute Gasteiger partial charge is 0.332 e. The van der Waals surface area contributed by atoms with E-state index < -0.39 is 22.1 Å². The minimum atomic E-state index is -3.94. The Kier molecular flexibility index (Phi) is 4.63. The number of rotatable bonds is 4. The van der Waals surface area contributed by atoms with Gasteiger partial charge in [0.05, 0.1) is 17.0 Å². The summed E-state index contributed by atoms with van der Waals surface area (Å²) < 4.78 is 26.8. The van der Waals surface area contributed by atoms with Crippen LogP contribution in [0.5, 0.6) is 0 Å². The predicted octanol–water partition coefficient (Wildman–Crippen LogP) is 3.39. The lowest BCUT2D eigenvalue weighted by molar-refractivity contribution is 0.193. The highest BCUT2D eigenvalue weighted by Crippen LogP contribution is 2.30. The monoisotopic (exact) mass is 356 g/mol. The Balaban J connectivity index is 1.93. The number of sulfonamides is 1. The van der Waals surface area contributed by atoms with Crippen molar-refractivity contribution in [2.24, 2.45) is 0 Å². The molecule has 5 nitrogen and oxygen atoms in total. The van der Waals surface area contributed by atoms with Crippen LogP contribution in [0.3, 0.4) is 0 Å². The molecule has 2 atom stereocenters. The highest BCUT2D eigenvalue weighted by atomic mass is 32.2. The van der Waals surface area contributed by atoms with E-state index >= 15 is 0 Å². The molecule has 0 radical (unpaired) electrons. The Morgan fingerprint density at radius 2 is 1.76 bits per heavy atom. The van der Waals surface area contributed by atoms with E-state index in [0.717, 1.165) is 15.4 Å². The lowest BCUT2D eigenvalue weighted by Gasteiger charge is -2.37. The van der Waals surface area contributed by atoms with E-state index in [-0.39, 0.29) is 10.9 Å². The standard InChI is InChI=1S/C19H20N2O3S/c1-3-16-13-18(15-7-5-4-6-8-15)20-19(22)21(16)25(23,24)17-11-9-14(2)10-12-17/h3-12,16,18H,1,13H2,2H3,(H,20,22)/t16-,18+/m1/s1. The van der Waals surface area contributed by atoms with Crippen molar-refractivity contribution in [3.05, 3.63) is 78.4 Å². The molecule has 1 saturated heterocycles. The number of nitrogens with zero attached hydrogens (tertiary/aromatic N) is 1. The second kappa shape index (κ2) is 6.72. The molecule has 0 aliphatic carbocycles. The van der Waals surface area contributed by atoms with Gasteiger partial charge in [-0.1, -0.05) is 54.1 Å². The zero-order chi connectivity index (χ0) is 18.0. The molecule has 1 fully saturated rings. The van der Waals surface area contributed by atoms with Crippen LogP contribution in [0.25, 0.3) is 0 Å². The summed E-state index contributed by atoms with van der Waals surface area (Å²) in [6.07, 6.45) is 1.95. The van der Waals surface area contributed by atoms with E-state index in [1.807, 2.05) is 37.3 Å². The average molecular weight is 356 g/mol. The van der Waals surface area contributed by atoms with E-state index in [0.29, 0.717) is 6.42 Å². The molecule has 130 valence electrons. The maximum atomic E-state index is 12.9. The summed E-state index contributed by atoms with van der Waals surface area (Å²) in [6.45, 7) is 5.61. The lowest BCUT2D eigenvalue weighted by Crippen LogP contribution is -2.55. The highest BCUT2D eigenvalue weighted by molar-refractivity contribution is 7.89. The summed E-state index contributed by atoms with van der Waals surface area (Å²) >= 11 is 0. The number of urea groups is 1. The van der Waals surface area contributed by atoms with E-state index in [1.165, 1.54) is 18.2 Å². The minimum absolute atomic E-state index is 0.0956. The summed E-state index contributed by atoms with van der Waals surface area (Å²) in [6, 6.07) is 14.5. The fraction of sp³-hybridized carbons (Fsp3) is 0.211. The Labute approximate surface area is 148 Å². The van der Waals surface area contributed by atoms with Gasteiger partial charge >= 0.3 is 6.03 Å². The number of carbonyl (C=O) groups excluding carboxylic acids is 1. The molecular formula is C19H20N2O3S. The third kappa shape index (κ3) is 3.30. The maximum absolute atomic E-state index is 12.9. The van der Waals surface area contributed by atoms with Gasteiger partial charge < -0.3 is 5.32 Å². The lowest BCUT2D eigenvalue weighted by atomic mass is 9.97. The number of hydrogen-bond acceptors (Lipinski definition) is 3. The predicted molar refractivity (Wildman–Crippen MR) is 96.5 cm³/mol. The number of amides is 2. The quantitative estimate of drug-likeness (QED) is 0.854. The maximum Gasteiger partial charge on any atom is 0.332 e. The van der Waals surface area contributed by atoms with Crippen molar-refractivity contribution < 1.29 is 13.2 Å². The van der Waals surface area contributed by atoms with Gasteiger partial charge in [0.1, 0.15) is 0 Å². The Morgan fingerprint density at radius 1 is 1.12 bits per heavy atom. The first-order valence-corrected chi connectivity index (χ1v) is 9.46. The van der Waals surface area contributed by atoms with Crippen LogP contribution in [0.4, 0.5) is 4.79 Å². The molecule has 0 saturated carbocycles. The number of carbonyl (C=O) groups is 1. The highest BCUT2D eigenvalue weighted by Gasteiger charge is 2.40. The fourth-order valence-corrected chi connectivity index (χ4v) is 4.47. The fourth-order valence-electron chi connectivity index (χ4n) is 2.97. The first-order valence-electron chi connectivity index (χ1n) is 8.02. The smallest absolute Gasteiger partial charge is 0.330 e. The van der Waals surface area contributed by atoms with Gasteiger partial charge in [0, 0.05) is 0 Å². The van der Waals surface area contributed by atoms with Crippen molar-refractivity contribution in [1.82, 2.24) is 9.62 Å². The van der Waals surface area contributed by atoms with E-state index in [1.54, 1.807) is 12.1 Å². The topological polar surface area (TPSA) is 66.5 Å². The van der Waals surface area contributed by atoms with Crippen LogP contribution in [-0.4, -0.2) is 24.8 Å². The summed E-state index contributed by atoms with van der Waals surface area (Å²) in [7, 11) is -3.94. The third-order valence-corrected chi connectivity index (χ3v) is 6.15.